The van der Waals surface area contributed by atoms with Crippen LogP contribution in [0.15, 0.2) is 36.9 Å². The van der Waals surface area contributed by atoms with Gasteiger partial charge >= 0.3 is 0 Å². The van der Waals surface area contributed by atoms with Crippen molar-refractivity contribution in [3.8, 4) is 17.5 Å². The Balaban J connectivity index is 2.52. The van der Waals surface area contributed by atoms with Gasteiger partial charge in [0.15, 0.2) is 0 Å². The molecular formula is C10H7N3O. The van der Waals surface area contributed by atoms with Crippen LogP contribution in [0.3, 0.4) is 0 Å². The zero-order valence-electron chi connectivity index (χ0n) is 7.25. The van der Waals surface area contributed by atoms with Crippen molar-refractivity contribution in [3.05, 3.63) is 42.5 Å². The van der Waals surface area contributed by atoms with E-state index in [1.54, 1.807) is 35.4 Å². The number of imidazole rings is 1. The largest absolute Gasteiger partial charge is 0.506 e. The Bertz CT molecular complexity index is 483. The van der Waals surface area contributed by atoms with E-state index in [9.17, 15) is 5.11 Å². The van der Waals surface area contributed by atoms with Crippen LogP contribution >= 0.6 is 0 Å². The molecule has 0 unspecified atom stereocenters. The molecule has 0 saturated heterocycles. The predicted molar refractivity (Wildman–Crippen MR) is 49.9 cm³/mol. The highest BCUT2D eigenvalue weighted by molar-refractivity contribution is 5.50. The maximum atomic E-state index is 9.59. The Kier molecular flexibility index (Phi) is 1.92. The maximum absolute atomic E-state index is 9.59. The molecule has 0 spiro atoms. The third kappa shape index (κ3) is 1.31. The van der Waals surface area contributed by atoms with Gasteiger partial charge in [-0.1, -0.05) is 0 Å². The smallest absolute Gasteiger partial charge is 0.140 e. The minimum absolute atomic E-state index is 0.0713. The summed E-state index contributed by atoms with van der Waals surface area (Å²) < 4.78 is 1.68. The van der Waals surface area contributed by atoms with Crippen molar-refractivity contribution in [2.24, 2.45) is 0 Å². The Morgan fingerprint density at radius 1 is 1.43 bits per heavy atom. The van der Waals surface area contributed by atoms with Crippen molar-refractivity contribution >= 4 is 0 Å². The summed E-state index contributed by atoms with van der Waals surface area (Å²) >= 11 is 0. The van der Waals surface area contributed by atoms with Crippen LogP contribution in [0.25, 0.3) is 5.69 Å². The number of aromatic nitrogens is 2. The lowest BCUT2D eigenvalue weighted by atomic mass is 10.2. The topological polar surface area (TPSA) is 61.8 Å². The second-order valence-electron chi connectivity index (χ2n) is 2.79. The van der Waals surface area contributed by atoms with E-state index in [0.29, 0.717) is 11.3 Å². The molecule has 0 aliphatic heterocycles. The lowest BCUT2D eigenvalue weighted by Gasteiger charge is -2.04. The van der Waals surface area contributed by atoms with Gasteiger partial charge in [-0.2, -0.15) is 5.26 Å². The second kappa shape index (κ2) is 3.23. The number of benzene rings is 1. The number of phenols is 1. The monoisotopic (exact) mass is 185 g/mol. The van der Waals surface area contributed by atoms with Crippen molar-refractivity contribution < 1.29 is 5.11 Å². The molecule has 4 nitrogen and oxygen atoms in total. The molecule has 1 heterocycles. The van der Waals surface area contributed by atoms with E-state index in [2.05, 4.69) is 4.98 Å². The highest BCUT2D eigenvalue weighted by atomic mass is 16.3. The average molecular weight is 185 g/mol. The molecule has 0 aliphatic carbocycles. The van der Waals surface area contributed by atoms with E-state index in [1.807, 2.05) is 6.07 Å². The molecule has 0 fully saturated rings. The van der Waals surface area contributed by atoms with Gasteiger partial charge in [0, 0.05) is 12.4 Å². The first-order valence-corrected chi connectivity index (χ1v) is 4.02. The molecular weight excluding hydrogens is 178 g/mol. The summed E-state index contributed by atoms with van der Waals surface area (Å²) in [5.41, 5.74) is 1.05. The molecule has 0 amide bonds. The quantitative estimate of drug-likeness (QED) is 0.731. The van der Waals surface area contributed by atoms with Gasteiger partial charge in [-0.25, -0.2) is 4.98 Å². The first kappa shape index (κ1) is 8.32. The fourth-order valence-corrected chi connectivity index (χ4v) is 1.21. The summed E-state index contributed by atoms with van der Waals surface area (Å²) in [5, 5.41) is 18.2. The zero-order chi connectivity index (χ0) is 9.97. The number of hydrogen-bond acceptors (Lipinski definition) is 3. The van der Waals surface area contributed by atoms with E-state index in [0.717, 1.165) is 0 Å². The highest BCUT2D eigenvalue weighted by Gasteiger charge is 2.03. The zero-order valence-corrected chi connectivity index (χ0v) is 7.25. The molecule has 2 aromatic rings. The van der Waals surface area contributed by atoms with Crippen molar-refractivity contribution in [1.29, 1.82) is 5.26 Å². The third-order valence-electron chi connectivity index (χ3n) is 1.89. The molecule has 0 atom stereocenters. The number of nitriles is 1. The normalized spacial score (nSPS) is 9.64. The number of phenolic OH excluding ortho intramolecular Hbond substituents is 1. The molecule has 1 aromatic carbocycles. The fraction of sp³-hybridized carbons (Fsp3) is 0. The molecule has 14 heavy (non-hydrogen) atoms. The van der Waals surface area contributed by atoms with E-state index >= 15 is 0 Å². The van der Waals surface area contributed by atoms with Crippen LogP contribution in [0.4, 0.5) is 0 Å². The molecule has 4 heteroatoms. The summed E-state index contributed by atoms with van der Waals surface area (Å²) in [6, 6.07) is 6.71. The third-order valence-corrected chi connectivity index (χ3v) is 1.89. The summed E-state index contributed by atoms with van der Waals surface area (Å²) in [7, 11) is 0. The Hall–Kier alpha value is -2.28. The van der Waals surface area contributed by atoms with E-state index in [4.69, 9.17) is 5.26 Å². The van der Waals surface area contributed by atoms with Crippen LogP contribution in [0.5, 0.6) is 5.75 Å². The number of hydrogen-bond donors (Lipinski definition) is 1. The van der Waals surface area contributed by atoms with Crippen molar-refractivity contribution in [2.45, 2.75) is 0 Å². The second-order valence-corrected chi connectivity index (χ2v) is 2.79. The molecule has 0 bridgehead atoms. The van der Waals surface area contributed by atoms with Gasteiger partial charge in [0.2, 0.25) is 0 Å². The van der Waals surface area contributed by atoms with Crippen LogP contribution in [-0.2, 0) is 0 Å². The molecule has 1 aromatic heterocycles. The van der Waals surface area contributed by atoms with Crippen LogP contribution in [0, 0.1) is 11.3 Å². The van der Waals surface area contributed by atoms with Gasteiger partial charge in [-0.05, 0) is 18.2 Å². The van der Waals surface area contributed by atoms with Gasteiger partial charge in [-0.3, -0.25) is 0 Å². The standard InChI is InChI=1S/C10H7N3O/c11-6-8-1-2-9(10(14)5-8)13-4-3-12-7-13/h1-5,7,14H. The van der Waals surface area contributed by atoms with Crippen molar-refractivity contribution in [1.82, 2.24) is 9.55 Å². The SMILES string of the molecule is N#Cc1ccc(-n2ccnc2)c(O)c1. The van der Waals surface area contributed by atoms with Gasteiger partial charge in [0.1, 0.15) is 5.75 Å². The molecule has 0 aliphatic rings. The summed E-state index contributed by atoms with van der Waals surface area (Å²) in [4.78, 5) is 3.87. The van der Waals surface area contributed by atoms with Gasteiger partial charge in [0.05, 0.1) is 23.6 Å². The van der Waals surface area contributed by atoms with Crippen LogP contribution in [0.1, 0.15) is 5.56 Å². The number of aromatic hydroxyl groups is 1. The van der Waals surface area contributed by atoms with Crippen molar-refractivity contribution in [3.63, 3.8) is 0 Å². The molecule has 1 N–H and O–H groups in total. The molecule has 68 valence electrons. The van der Waals surface area contributed by atoms with Gasteiger partial charge in [0.25, 0.3) is 0 Å². The molecule has 0 saturated carbocycles. The molecule has 2 rings (SSSR count). The van der Waals surface area contributed by atoms with Crippen LogP contribution in [-0.4, -0.2) is 14.7 Å². The van der Waals surface area contributed by atoms with E-state index in [-0.39, 0.29) is 5.75 Å². The van der Waals surface area contributed by atoms with Gasteiger partial charge in [-0.15, -0.1) is 0 Å². The minimum Gasteiger partial charge on any atom is -0.506 e. The summed E-state index contributed by atoms with van der Waals surface area (Å²) in [6.45, 7) is 0. The van der Waals surface area contributed by atoms with Crippen LogP contribution in [0.2, 0.25) is 0 Å². The van der Waals surface area contributed by atoms with Crippen molar-refractivity contribution in [2.75, 3.05) is 0 Å². The average Bonchev–Trinajstić information content (AvgIpc) is 2.70. The predicted octanol–water partition coefficient (Wildman–Crippen LogP) is 1.45. The maximum Gasteiger partial charge on any atom is 0.140 e. The number of nitrogens with zero attached hydrogens (tertiary/aromatic N) is 3. The Morgan fingerprint density at radius 2 is 2.29 bits per heavy atom. The Labute approximate surface area is 80.7 Å². The minimum atomic E-state index is 0.0713. The lowest BCUT2D eigenvalue weighted by Crippen LogP contribution is -1.90. The first-order chi connectivity index (χ1) is 6.81. The lowest BCUT2D eigenvalue weighted by molar-refractivity contribution is 0.472. The first-order valence-electron chi connectivity index (χ1n) is 4.02. The Morgan fingerprint density at radius 3 is 2.86 bits per heavy atom. The molecule has 0 radical (unpaired) electrons. The summed E-state index contributed by atoms with van der Waals surface area (Å²) in [6.07, 6.45) is 4.93. The van der Waals surface area contributed by atoms with E-state index in [1.165, 1.54) is 6.07 Å². The number of rotatable bonds is 1. The fourth-order valence-electron chi connectivity index (χ4n) is 1.21. The summed E-state index contributed by atoms with van der Waals surface area (Å²) in [5.74, 6) is 0.0713. The van der Waals surface area contributed by atoms with Crippen LogP contribution < -0.4 is 0 Å². The highest BCUT2D eigenvalue weighted by Crippen LogP contribution is 2.22. The van der Waals surface area contributed by atoms with E-state index < -0.39 is 0 Å². The van der Waals surface area contributed by atoms with Gasteiger partial charge < -0.3 is 9.67 Å².